The van der Waals surface area contributed by atoms with Gasteiger partial charge in [-0.3, -0.25) is 14.4 Å². The summed E-state index contributed by atoms with van der Waals surface area (Å²) in [5, 5.41) is 11.0. The number of aliphatic hydroxyl groups is 1. The maximum atomic E-state index is 17.3. The number of carbonyl (C=O) groups is 3. The number of allylic oxidation sites excluding steroid dienone is 4. The standard InChI is InChI=1S/C25H31ClF2O5S/c1-5-20(31)33-25(21(32)34-12-26)13(2)8-15-16-10-18(27)17-9-14(29)6-7-22(17,3)24(16,28)19(30)11-23(15,25)4/h6-7,13,15-16,19,30H,5,8-12H2,1-4H3/t13-,15?,16?,19+,22+,23+,24+,25+/m1/s1. The molecule has 0 aromatic heterocycles. The molecule has 1 N–H and O–H groups in total. The van der Waals surface area contributed by atoms with Crippen LogP contribution in [0.1, 0.15) is 59.8 Å². The lowest BCUT2D eigenvalue weighted by atomic mass is 9.45. The minimum absolute atomic E-state index is 0.0463. The molecule has 2 fully saturated rings. The highest BCUT2D eigenvalue weighted by Crippen LogP contribution is 2.72. The average molecular weight is 517 g/mol. The SMILES string of the molecule is CCC(=O)O[C@]1(C(=O)SCCl)[C@H](C)CC2C3CC(F)=C4CC(=O)C=C[C@]4(C)[C@@]3(F)[C@@H](O)C[C@@]21C. The zero-order valence-corrected chi connectivity index (χ0v) is 21.4. The molecule has 0 aromatic rings. The van der Waals surface area contributed by atoms with Gasteiger partial charge in [-0.25, -0.2) is 8.78 Å². The zero-order chi connectivity index (χ0) is 25.3. The Morgan fingerprint density at radius 2 is 2.00 bits per heavy atom. The number of aliphatic hydroxyl groups excluding tert-OH is 1. The van der Waals surface area contributed by atoms with Crippen molar-refractivity contribution >= 4 is 40.2 Å². The second kappa shape index (κ2) is 8.41. The normalized spacial score (nSPS) is 45.5. The van der Waals surface area contributed by atoms with E-state index in [1.54, 1.807) is 27.7 Å². The Morgan fingerprint density at radius 3 is 2.62 bits per heavy atom. The molecule has 34 heavy (non-hydrogen) atoms. The van der Waals surface area contributed by atoms with Gasteiger partial charge in [0, 0.05) is 41.9 Å². The van der Waals surface area contributed by atoms with E-state index in [0.29, 0.717) is 6.42 Å². The van der Waals surface area contributed by atoms with Gasteiger partial charge in [-0.1, -0.05) is 38.6 Å². The molecule has 8 atom stereocenters. The Kier molecular flexibility index (Phi) is 6.39. The highest BCUT2D eigenvalue weighted by Gasteiger charge is 2.77. The first-order valence-electron chi connectivity index (χ1n) is 11.8. The summed E-state index contributed by atoms with van der Waals surface area (Å²) >= 11 is 6.69. The number of hydrogen-bond donors (Lipinski definition) is 1. The predicted octanol–water partition coefficient (Wildman–Crippen LogP) is 5.05. The molecule has 0 saturated heterocycles. The average Bonchev–Trinajstić information content (AvgIpc) is 2.99. The summed E-state index contributed by atoms with van der Waals surface area (Å²) in [6, 6.07) is 0. The second-order valence-electron chi connectivity index (χ2n) is 10.6. The Hall–Kier alpha value is -1.25. The van der Waals surface area contributed by atoms with E-state index in [4.69, 9.17) is 16.3 Å². The fourth-order valence-corrected chi connectivity index (χ4v) is 8.69. The van der Waals surface area contributed by atoms with E-state index in [1.807, 2.05) is 0 Å². The molecule has 2 saturated carbocycles. The summed E-state index contributed by atoms with van der Waals surface area (Å²) in [6.07, 6.45) is 0.828. The van der Waals surface area contributed by atoms with Crippen molar-refractivity contribution in [3.8, 4) is 0 Å². The monoisotopic (exact) mass is 516 g/mol. The van der Waals surface area contributed by atoms with Crippen LogP contribution in [-0.2, 0) is 19.1 Å². The molecule has 4 rings (SSSR count). The lowest BCUT2D eigenvalue weighted by molar-refractivity contribution is -0.223. The fraction of sp³-hybridized carbons (Fsp3) is 0.720. The van der Waals surface area contributed by atoms with Crippen molar-refractivity contribution in [3.05, 3.63) is 23.6 Å². The third-order valence-corrected chi connectivity index (χ3v) is 10.3. The molecule has 9 heteroatoms. The van der Waals surface area contributed by atoms with Crippen molar-refractivity contribution in [1.82, 2.24) is 0 Å². The van der Waals surface area contributed by atoms with E-state index in [2.05, 4.69) is 0 Å². The van der Waals surface area contributed by atoms with E-state index < -0.39 is 62.9 Å². The van der Waals surface area contributed by atoms with Crippen LogP contribution in [0.25, 0.3) is 0 Å². The maximum absolute atomic E-state index is 17.3. The Balaban J connectivity index is 1.89. The van der Waals surface area contributed by atoms with Crippen LogP contribution in [0.5, 0.6) is 0 Å². The van der Waals surface area contributed by atoms with Gasteiger partial charge in [-0.15, -0.1) is 11.6 Å². The summed E-state index contributed by atoms with van der Waals surface area (Å²) in [7, 11) is 0. The molecule has 0 aromatic carbocycles. The van der Waals surface area contributed by atoms with Gasteiger partial charge >= 0.3 is 5.97 Å². The number of halogens is 3. The molecule has 0 radical (unpaired) electrons. The number of esters is 1. The van der Waals surface area contributed by atoms with Gasteiger partial charge in [-0.2, -0.15) is 0 Å². The number of hydrogen-bond acceptors (Lipinski definition) is 6. The lowest BCUT2D eigenvalue weighted by Gasteiger charge is -2.62. The van der Waals surface area contributed by atoms with Crippen LogP contribution in [0.2, 0.25) is 0 Å². The van der Waals surface area contributed by atoms with Gasteiger partial charge in [0.25, 0.3) is 0 Å². The van der Waals surface area contributed by atoms with Crippen molar-refractivity contribution in [3.63, 3.8) is 0 Å². The molecule has 0 bridgehead atoms. The molecule has 4 aliphatic rings. The number of thioether (sulfide) groups is 1. The fourth-order valence-electron chi connectivity index (χ4n) is 7.60. The van der Waals surface area contributed by atoms with Crippen molar-refractivity contribution in [1.29, 1.82) is 0 Å². The van der Waals surface area contributed by atoms with Crippen molar-refractivity contribution in [2.75, 3.05) is 5.21 Å². The van der Waals surface area contributed by atoms with E-state index >= 15 is 8.78 Å². The topological polar surface area (TPSA) is 80.7 Å². The molecular weight excluding hydrogens is 486 g/mol. The highest BCUT2D eigenvalue weighted by atomic mass is 35.5. The van der Waals surface area contributed by atoms with Crippen LogP contribution in [0.4, 0.5) is 8.78 Å². The van der Waals surface area contributed by atoms with Crippen LogP contribution in [0, 0.1) is 28.6 Å². The van der Waals surface area contributed by atoms with Gasteiger partial charge in [0.1, 0.15) is 5.83 Å². The minimum Gasteiger partial charge on any atom is -0.449 e. The van der Waals surface area contributed by atoms with Gasteiger partial charge in [0.15, 0.2) is 17.1 Å². The third-order valence-electron chi connectivity index (χ3n) is 9.25. The first-order valence-corrected chi connectivity index (χ1v) is 13.3. The van der Waals surface area contributed by atoms with Crippen LogP contribution < -0.4 is 0 Å². The summed E-state index contributed by atoms with van der Waals surface area (Å²) in [6.45, 7) is 6.70. The molecule has 5 nitrogen and oxygen atoms in total. The van der Waals surface area contributed by atoms with Crippen LogP contribution in [0.3, 0.4) is 0 Å². The van der Waals surface area contributed by atoms with Gasteiger partial charge in [0.05, 0.1) is 11.3 Å². The lowest BCUT2D eigenvalue weighted by Crippen LogP contribution is -2.69. The smallest absolute Gasteiger partial charge is 0.306 e. The number of fused-ring (bicyclic) bond motifs is 5. The number of alkyl halides is 2. The molecule has 0 spiro atoms. The summed E-state index contributed by atoms with van der Waals surface area (Å²) in [4.78, 5) is 38.1. The molecular formula is C25H31ClF2O5S. The van der Waals surface area contributed by atoms with Crippen molar-refractivity contribution < 1.29 is 33.0 Å². The van der Waals surface area contributed by atoms with Gasteiger partial charge in [0.2, 0.25) is 5.12 Å². The Bertz CT molecular complexity index is 1000. The molecule has 0 aliphatic heterocycles. The van der Waals surface area contributed by atoms with E-state index in [-0.39, 0.29) is 42.3 Å². The summed E-state index contributed by atoms with van der Waals surface area (Å²) < 4.78 is 38.7. The van der Waals surface area contributed by atoms with Gasteiger partial charge < -0.3 is 9.84 Å². The summed E-state index contributed by atoms with van der Waals surface area (Å²) in [5.41, 5.74) is -6.39. The van der Waals surface area contributed by atoms with Crippen molar-refractivity contribution in [2.24, 2.45) is 28.6 Å². The number of ketones is 1. The van der Waals surface area contributed by atoms with Crippen molar-refractivity contribution in [2.45, 2.75) is 77.2 Å². The maximum Gasteiger partial charge on any atom is 0.306 e. The number of rotatable bonds is 4. The molecule has 2 unspecified atom stereocenters. The first kappa shape index (κ1) is 25.8. The van der Waals surface area contributed by atoms with E-state index in [9.17, 15) is 19.5 Å². The Labute approximate surface area is 207 Å². The minimum atomic E-state index is -2.24. The van der Waals surface area contributed by atoms with Crippen LogP contribution in [-0.4, -0.2) is 44.6 Å². The predicted molar refractivity (Wildman–Crippen MR) is 125 cm³/mol. The molecule has 0 heterocycles. The molecule has 4 aliphatic carbocycles. The van der Waals surface area contributed by atoms with E-state index in [0.717, 1.165) is 11.8 Å². The summed E-state index contributed by atoms with van der Waals surface area (Å²) in [5.74, 6) is -3.40. The second-order valence-corrected chi connectivity index (χ2v) is 12.2. The van der Waals surface area contributed by atoms with E-state index in [1.165, 1.54) is 12.2 Å². The van der Waals surface area contributed by atoms with Crippen LogP contribution >= 0.6 is 23.4 Å². The highest BCUT2D eigenvalue weighted by molar-refractivity contribution is 8.14. The third kappa shape index (κ3) is 3.10. The number of carbonyl (C=O) groups excluding carboxylic acids is 3. The molecule has 188 valence electrons. The Morgan fingerprint density at radius 1 is 1.32 bits per heavy atom. The number of ether oxygens (including phenoxy) is 1. The van der Waals surface area contributed by atoms with Crippen LogP contribution in [0.15, 0.2) is 23.6 Å². The largest absolute Gasteiger partial charge is 0.449 e. The van der Waals surface area contributed by atoms with Gasteiger partial charge in [-0.05, 0) is 37.3 Å². The zero-order valence-electron chi connectivity index (χ0n) is 19.8. The quantitative estimate of drug-likeness (QED) is 0.416. The first-order chi connectivity index (χ1) is 15.8. The molecule has 0 amide bonds.